The second-order valence-corrected chi connectivity index (χ2v) is 12.8. The quantitative estimate of drug-likeness (QED) is 0.394. The number of sulfonamides is 1. The summed E-state index contributed by atoms with van der Waals surface area (Å²) >= 11 is 1.29. The number of rotatable bonds is 8. The molecule has 10 nitrogen and oxygen atoms in total. The van der Waals surface area contributed by atoms with Crippen LogP contribution in [0.25, 0.3) is 23.0 Å². The summed E-state index contributed by atoms with van der Waals surface area (Å²) in [7, 11) is -3.68. The van der Waals surface area contributed by atoms with E-state index in [0.29, 0.717) is 65.9 Å². The van der Waals surface area contributed by atoms with Gasteiger partial charge < -0.3 is 10.6 Å². The fraction of sp³-hybridized carbons (Fsp3) is 0.310. The summed E-state index contributed by atoms with van der Waals surface area (Å²) < 4.78 is 29.6. The van der Waals surface area contributed by atoms with Crippen molar-refractivity contribution in [2.75, 3.05) is 26.2 Å². The van der Waals surface area contributed by atoms with Crippen molar-refractivity contribution in [3.05, 3.63) is 71.3 Å². The van der Waals surface area contributed by atoms with Crippen LogP contribution in [0.15, 0.2) is 75.6 Å². The molecule has 2 aromatic carbocycles. The average molecular weight is 593 g/mol. The Bertz CT molecular complexity index is 1620. The highest BCUT2D eigenvalue weighted by Gasteiger charge is 2.31. The average Bonchev–Trinajstić information content (AvgIpc) is 3.58. The number of hydrogen-bond donors (Lipinski definition) is 1. The number of amides is 2. The SMILES string of the molecule is CCN(CC)S(=O)(=O)c1cccc(-c2nn(-c3ccccc3)cc2/C=C2\SC(N3CCC(C(N)=O)CC3)=NC2=O)c1. The summed E-state index contributed by atoms with van der Waals surface area (Å²) in [6.45, 7) is 5.55. The van der Waals surface area contributed by atoms with Crippen LogP contribution in [0.5, 0.6) is 0 Å². The van der Waals surface area contributed by atoms with Gasteiger partial charge >= 0.3 is 0 Å². The Kier molecular flexibility index (Phi) is 8.43. The number of carbonyl (C=O) groups excluding carboxylic acids is 2. The van der Waals surface area contributed by atoms with E-state index in [0.717, 1.165) is 5.69 Å². The van der Waals surface area contributed by atoms with E-state index in [1.54, 1.807) is 29.0 Å². The fourth-order valence-corrected chi connectivity index (χ4v) is 7.44. The zero-order valence-electron chi connectivity index (χ0n) is 22.9. The van der Waals surface area contributed by atoms with E-state index in [1.807, 2.05) is 61.3 Å². The number of aliphatic imine (C=N–C) groups is 1. The highest BCUT2D eigenvalue weighted by atomic mass is 32.2. The van der Waals surface area contributed by atoms with E-state index in [2.05, 4.69) is 4.99 Å². The smallest absolute Gasteiger partial charge is 0.286 e. The molecule has 2 aliphatic rings. The molecule has 0 saturated carbocycles. The number of aromatic nitrogens is 2. The number of nitrogens with zero attached hydrogens (tertiary/aromatic N) is 5. The molecule has 2 amide bonds. The molecule has 3 heterocycles. The number of amidine groups is 1. The van der Waals surface area contributed by atoms with Crippen molar-refractivity contribution in [2.24, 2.45) is 16.6 Å². The number of nitrogens with two attached hydrogens (primary N) is 1. The molecular formula is C29H32N6O4S2. The van der Waals surface area contributed by atoms with E-state index in [4.69, 9.17) is 10.8 Å². The molecule has 5 rings (SSSR count). The van der Waals surface area contributed by atoms with Gasteiger partial charge in [-0.2, -0.15) is 14.4 Å². The van der Waals surface area contributed by atoms with Gasteiger partial charge in [-0.1, -0.05) is 44.2 Å². The van der Waals surface area contributed by atoms with Crippen LogP contribution in [0.4, 0.5) is 0 Å². The van der Waals surface area contributed by atoms with Gasteiger partial charge in [0.2, 0.25) is 15.9 Å². The molecule has 0 unspecified atom stereocenters. The standard InChI is InChI=1S/C29H32N6O4S2/c1-3-34(4-2)41(38,39)24-12-8-9-21(17-24)26-22(19-35(32-26)23-10-6-5-7-11-23)18-25-28(37)31-29(40-25)33-15-13-20(14-16-33)27(30)36/h5-12,17-20H,3-4,13-16H2,1-2H3,(H2,30,36)/b25-18-. The predicted octanol–water partition coefficient (Wildman–Crippen LogP) is 3.74. The monoisotopic (exact) mass is 592 g/mol. The minimum Gasteiger partial charge on any atom is -0.369 e. The lowest BCUT2D eigenvalue weighted by Gasteiger charge is -2.31. The van der Waals surface area contributed by atoms with Crippen LogP contribution < -0.4 is 5.73 Å². The highest BCUT2D eigenvalue weighted by Crippen LogP contribution is 2.35. The molecule has 0 bridgehead atoms. The second kappa shape index (κ2) is 12.0. The first-order valence-corrected chi connectivity index (χ1v) is 15.8. The summed E-state index contributed by atoms with van der Waals surface area (Å²) in [5.74, 6) is -0.797. The molecule has 1 aromatic heterocycles. The van der Waals surface area contributed by atoms with Crippen molar-refractivity contribution in [1.82, 2.24) is 19.0 Å². The number of hydrogen-bond acceptors (Lipinski definition) is 7. The maximum absolute atomic E-state index is 13.3. The number of primary amides is 1. The van der Waals surface area contributed by atoms with Crippen molar-refractivity contribution < 1.29 is 18.0 Å². The van der Waals surface area contributed by atoms with Gasteiger partial charge in [-0.25, -0.2) is 13.1 Å². The Morgan fingerprint density at radius 3 is 2.46 bits per heavy atom. The van der Waals surface area contributed by atoms with Gasteiger partial charge in [0.05, 0.1) is 15.5 Å². The van der Waals surface area contributed by atoms with E-state index in [1.165, 1.54) is 16.1 Å². The molecule has 214 valence electrons. The minimum atomic E-state index is -3.68. The number of thioether (sulfide) groups is 1. The largest absolute Gasteiger partial charge is 0.369 e. The third-order valence-electron chi connectivity index (χ3n) is 7.28. The van der Waals surface area contributed by atoms with E-state index < -0.39 is 10.0 Å². The van der Waals surface area contributed by atoms with Crippen LogP contribution in [0.2, 0.25) is 0 Å². The van der Waals surface area contributed by atoms with Crippen LogP contribution in [0.3, 0.4) is 0 Å². The summed E-state index contributed by atoms with van der Waals surface area (Å²) in [5.41, 5.74) is 8.11. The topological polar surface area (TPSA) is 131 Å². The second-order valence-electron chi connectivity index (χ2n) is 9.80. The first-order chi connectivity index (χ1) is 19.7. The molecule has 2 N–H and O–H groups in total. The number of benzene rings is 2. The van der Waals surface area contributed by atoms with Gasteiger partial charge in [0, 0.05) is 49.4 Å². The number of piperidine rings is 1. The summed E-state index contributed by atoms with van der Waals surface area (Å²) in [6, 6.07) is 16.3. The number of likely N-dealkylation sites (tertiary alicyclic amines) is 1. The van der Waals surface area contributed by atoms with Crippen LogP contribution in [0, 0.1) is 5.92 Å². The van der Waals surface area contributed by atoms with Gasteiger partial charge in [0.15, 0.2) is 5.17 Å². The molecule has 41 heavy (non-hydrogen) atoms. The molecule has 1 fully saturated rings. The first kappa shape index (κ1) is 28.8. The molecule has 0 atom stereocenters. The van der Waals surface area contributed by atoms with Crippen LogP contribution in [-0.2, 0) is 19.6 Å². The third-order valence-corrected chi connectivity index (χ3v) is 10.4. The third kappa shape index (κ3) is 5.99. The van der Waals surface area contributed by atoms with Gasteiger partial charge in [0.1, 0.15) is 5.69 Å². The Balaban J connectivity index is 1.50. The summed E-state index contributed by atoms with van der Waals surface area (Å²) in [4.78, 5) is 31.4. The Hall–Kier alpha value is -3.74. The summed E-state index contributed by atoms with van der Waals surface area (Å²) in [6.07, 6.45) is 4.84. The first-order valence-electron chi connectivity index (χ1n) is 13.5. The molecule has 3 aromatic rings. The molecule has 0 spiro atoms. The van der Waals surface area contributed by atoms with Crippen molar-refractivity contribution in [3.63, 3.8) is 0 Å². The summed E-state index contributed by atoms with van der Waals surface area (Å²) in [5, 5.41) is 5.42. The Morgan fingerprint density at radius 1 is 1.10 bits per heavy atom. The van der Waals surface area contributed by atoms with E-state index in [9.17, 15) is 18.0 Å². The normalized spacial score (nSPS) is 17.4. The minimum absolute atomic E-state index is 0.156. The molecule has 1 saturated heterocycles. The van der Waals surface area contributed by atoms with Crippen molar-refractivity contribution in [1.29, 1.82) is 0 Å². The maximum Gasteiger partial charge on any atom is 0.286 e. The maximum atomic E-state index is 13.3. The van der Waals surface area contributed by atoms with Crippen LogP contribution in [-0.4, -0.2) is 70.6 Å². The zero-order chi connectivity index (χ0) is 29.1. The lowest BCUT2D eigenvalue weighted by Crippen LogP contribution is -2.40. The lowest BCUT2D eigenvalue weighted by molar-refractivity contribution is -0.123. The van der Waals surface area contributed by atoms with E-state index >= 15 is 0 Å². The zero-order valence-corrected chi connectivity index (χ0v) is 24.6. The van der Waals surface area contributed by atoms with Crippen molar-refractivity contribution >= 4 is 44.8 Å². The number of carbonyl (C=O) groups is 2. The van der Waals surface area contributed by atoms with Crippen molar-refractivity contribution in [2.45, 2.75) is 31.6 Å². The molecular weight excluding hydrogens is 560 g/mol. The van der Waals surface area contributed by atoms with Gasteiger partial charge in [-0.05, 0) is 54.9 Å². The molecule has 0 radical (unpaired) electrons. The highest BCUT2D eigenvalue weighted by molar-refractivity contribution is 8.18. The van der Waals surface area contributed by atoms with E-state index in [-0.39, 0.29) is 22.6 Å². The van der Waals surface area contributed by atoms with Crippen LogP contribution >= 0.6 is 11.8 Å². The van der Waals surface area contributed by atoms with Gasteiger partial charge in [-0.15, -0.1) is 0 Å². The molecule has 12 heteroatoms. The predicted molar refractivity (Wildman–Crippen MR) is 161 cm³/mol. The van der Waals surface area contributed by atoms with Gasteiger partial charge in [-0.3, -0.25) is 9.59 Å². The number of para-hydroxylation sites is 1. The fourth-order valence-electron chi connectivity index (χ4n) is 4.98. The molecule has 2 aliphatic heterocycles. The molecule has 0 aliphatic carbocycles. The Morgan fingerprint density at radius 2 is 1.80 bits per heavy atom. The van der Waals surface area contributed by atoms with Crippen molar-refractivity contribution in [3.8, 4) is 16.9 Å². The Labute approximate surface area is 244 Å². The van der Waals surface area contributed by atoms with Crippen LogP contribution in [0.1, 0.15) is 32.3 Å². The van der Waals surface area contributed by atoms with Gasteiger partial charge in [0.25, 0.3) is 5.91 Å². The lowest BCUT2D eigenvalue weighted by atomic mass is 9.97.